The molecule has 0 aliphatic carbocycles. The largest absolute Gasteiger partial charge is 0.382 e. The van der Waals surface area contributed by atoms with Gasteiger partial charge >= 0.3 is 0 Å². The maximum Gasteiger partial charge on any atom is 0.244 e. The van der Waals surface area contributed by atoms with Crippen LogP contribution in [0.4, 0.5) is 5.69 Å². The number of benzene rings is 1. The summed E-state index contributed by atoms with van der Waals surface area (Å²) in [5.41, 5.74) is 1.76. The molecule has 1 aliphatic rings. The summed E-state index contributed by atoms with van der Waals surface area (Å²) >= 11 is 0. The Kier molecular flexibility index (Phi) is 5.12. The molecule has 0 unspecified atom stereocenters. The second-order valence-electron chi connectivity index (χ2n) is 4.76. The molecule has 0 aromatic heterocycles. The number of fused-ring (bicyclic) bond motifs is 1. The molecule has 1 aliphatic heterocycles. The minimum absolute atomic E-state index is 0.00319. The molecule has 5 nitrogen and oxygen atoms in total. The summed E-state index contributed by atoms with van der Waals surface area (Å²) in [5.74, 6) is -0.148. The van der Waals surface area contributed by atoms with Gasteiger partial charge in [0.2, 0.25) is 11.8 Å². The number of nitrogens with zero attached hydrogens (tertiary/aromatic N) is 1. The molecule has 1 aromatic rings. The van der Waals surface area contributed by atoms with Gasteiger partial charge in [-0.05, 0) is 25.0 Å². The van der Waals surface area contributed by atoms with Crippen LogP contribution in [-0.4, -0.2) is 36.5 Å². The number of anilines is 1. The number of carbonyl (C=O) groups excluding carboxylic acids is 2. The molecule has 2 rings (SSSR count). The lowest BCUT2D eigenvalue weighted by molar-refractivity contribution is -0.135. The molecule has 0 bridgehead atoms. The van der Waals surface area contributed by atoms with Crippen molar-refractivity contribution in [1.82, 2.24) is 4.90 Å². The highest BCUT2D eigenvalue weighted by Crippen LogP contribution is 2.20. The molecule has 0 saturated carbocycles. The number of nitrogens with one attached hydrogen (secondary N) is 1. The van der Waals surface area contributed by atoms with Crippen LogP contribution in [0, 0.1) is 0 Å². The van der Waals surface area contributed by atoms with Crippen molar-refractivity contribution >= 4 is 17.5 Å². The fourth-order valence-corrected chi connectivity index (χ4v) is 2.21. The molecule has 0 fully saturated rings. The van der Waals surface area contributed by atoms with E-state index in [2.05, 4.69) is 5.32 Å². The number of carbonyl (C=O) groups is 2. The van der Waals surface area contributed by atoms with Crippen LogP contribution in [0.15, 0.2) is 24.3 Å². The minimum Gasteiger partial charge on any atom is -0.382 e. The van der Waals surface area contributed by atoms with E-state index < -0.39 is 0 Å². The van der Waals surface area contributed by atoms with Crippen LogP contribution in [-0.2, 0) is 20.9 Å². The zero-order valence-corrected chi connectivity index (χ0v) is 11.7. The van der Waals surface area contributed by atoms with Crippen LogP contribution in [0.3, 0.4) is 0 Å². The topological polar surface area (TPSA) is 58.6 Å². The first-order valence-electron chi connectivity index (χ1n) is 6.94. The number of para-hydroxylation sites is 1. The Labute approximate surface area is 118 Å². The number of ether oxygens (including phenoxy) is 1. The molecule has 5 heteroatoms. The predicted molar refractivity (Wildman–Crippen MR) is 76.2 cm³/mol. The van der Waals surface area contributed by atoms with Gasteiger partial charge in [-0.3, -0.25) is 9.59 Å². The summed E-state index contributed by atoms with van der Waals surface area (Å²) in [6, 6.07) is 7.57. The van der Waals surface area contributed by atoms with Crippen LogP contribution in [0.1, 0.15) is 25.3 Å². The third kappa shape index (κ3) is 3.81. The third-order valence-corrected chi connectivity index (χ3v) is 3.22. The van der Waals surface area contributed by atoms with E-state index in [0.717, 1.165) is 11.3 Å². The Hall–Kier alpha value is -1.88. The van der Waals surface area contributed by atoms with Gasteiger partial charge in [0, 0.05) is 31.9 Å². The minimum atomic E-state index is -0.145. The quantitative estimate of drug-likeness (QED) is 0.834. The molecule has 0 atom stereocenters. The molecule has 1 heterocycles. The van der Waals surface area contributed by atoms with E-state index in [4.69, 9.17) is 4.74 Å². The monoisotopic (exact) mass is 276 g/mol. The normalized spacial score (nSPS) is 14.4. The number of hydrogen-bond donors (Lipinski definition) is 1. The SMILES string of the molecule is CCOCCCC(=O)N1CC(=O)Nc2ccccc2C1. The molecule has 0 saturated heterocycles. The third-order valence-electron chi connectivity index (χ3n) is 3.22. The zero-order chi connectivity index (χ0) is 14.4. The molecule has 108 valence electrons. The van der Waals surface area contributed by atoms with Gasteiger partial charge in [-0.25, -0.2) is 0 Å². The number of amides is 2. The van der Waals surface area contributed by atoms with Crippen molar-refractivity contribution in [2.45, 2.75) is 26.3 Å². The molecule has 2 amide bonds. The van der Waals surface area contributed by atoms with Crippen molar-refractivity contribution in [1.29, 1.82) is 0 Å². The smallest absolute Gasteiger partial charge is 0.244 e. The summed E-state index contributed by atoms with van der Waals surface area (Å²) in [5, 5.41) is 2.83. The van der Waals surface area contributed by atoms with Crippen molar-refractivity contribution < 1.29 is 14.3 Å². The lowest BCUT2D eigenvalue weighted by atomic mass is 10.1. The number of rotatable bonds is 5. The van der Waals surface area contributed by atoms with E-state index in [1.54, 1.807) is 4.90 Å². The van der Waals surface area contributed by atoms with E-state index in [0.29, 0.717) is 32.6 Å². The molecule has 20 heavy (non-hydrogen) atoms. The van der Waals surface area contributed by atoms with Gasteiger partial charge < -0.3 is 15.0 Å². The van der Waals surface area contributed by atoms with Crippen molar-refractivity contribution in [3.63, 3.8) is 0 Å². The predicted octanol–water partition coefficient (Wildman–Crippen LogP) is 1.78. The van der Waals surface area contributed by atoms with Gasteiger partial charge in [-0.2, -0.15) is 0 Å². The van der Waals surface area contributed by atoms with Crippen LogP contribution >= 0.6 is 0 Å². The van der Waals surface area contributed by atoms with E-state index in [1.807, 2.05) is 31.2 Å². The highest BCUT2D eigenvalue weighted by molar-refractivity contribution is 5.96. The van der Waals surface area contributed by atoms with Gasteiger partial charge in [-0.15, -0.1) is 0 Å². The van der Waals surface area contributed by atoms with Gasteiger partial charge in [0.15, 0.2) is 0 Å². The molecular formula is C15H20N2O3. The standard InChI is InChI=1S/C15H20N2O3/c1-2-20-9-5-8-15(19)17-10-12-6-3-4-7-13(12)16-14(18)11-17/h3-4,6-7H,2,5,8-11H2,1H3,(H,16,18). The summed E-state index contributed by atoms with van der Waals surface area (Å²) in [6.07, 6.45) is 1.10. The molecule has 1 aromatic carbocycles. The van der Waals surface area contributed by atoms with E-state index in [-0.39, 0.29) is 18.4 Å². The lowest BCUT2D eigenvalue weighted by Crippen LogP contribution is -2.35. The van der Waals surface area contributed by atoms with Gasteiger partial charge in [0.1, 0.15) is 6.54 Å². The fourth-order valence-electron chi connectivity index (χ4n) is 2.21. The van der Waals surface area contributed by atoms with Gasteiger partial charge in [0.05, 0.1) is 0 Å². The summed E-state index contributed by atoms with van der Waals surface area (Å²) in [7, 11) is 0. The van der Waals surface area contributed by atoms with Crippen LogP contribution in [0.25, 0.3) is 0 Å². The van der Waals surface area contributed by atoms with Crippen molar-refractivity contribution in [2.75, 3.05) is 25.1 Å². The Morgan fingerprint density at radius 3 is 2.95 bits per heavy atom. The van der Waals surface area contributed by atoms with Crippen LogP contribution in [0.2, 0.25) is 0 Å². The maximum absolute atomic E-state index is 12.2. The van der Waals surface area contributed by atoms with Crippen molar-refractivity contribution in [3.05, 3.63) is 29.8 Å². The second kappa shape index (κ2) is 7.05. The Bertz CT molecular complexity index is 488. The summed E-state index contributed by atoms with van der Waals surface area (Å²) in [4.78, 5) is 25.6. The lowest BCUT2D eigenvalue weighted by Gasteiger charge is -2.19. The van der Waals surface area contributed by atoms with Crippen LogP contribution in [0.5, 0.6) is 0 Å². The highest BCUT2D eigenvalue weighted by atomic mass is 16.5. The van der Waals surface area contributed by atoms with Crippen LogP contribution < -0.4 is 5.32 Å². The summed E-state index contributed by atoms with van der Waals surface area (Å²) in [6.45, 7) is 3.76. The van der Waals surface area contributed by atoms with Crippen molar-refractivity contribution in [3.8, 4) is 0 Å². The molecule has 0 radical (unpaired) electrons. The molecular weight excluding hydrogens is 256 g/mol. The Balaban J connectivity index is 1.98. The number of hydrogen-bond acceptors (Lipinski definition) is 3. The summed E-state index contributed by atoms with van der Waals surface area (Å²) < 4.78 is 5.22. The van der Waals surface area contributed by atoms with E-state index in [9.17, 15) is 9.59 Å². The van der Waals surface area contributed by atoms with Crippen molar-refractivity contribution in [2.24, 2.45) is 0 Å². The average Bonchev–Trinajstić information content (AvgIpc) is 2.61. The highest BCUT2D eigenvalue weighted by Gasteiger charge is 2.22. The zero-order valence-electron chi connectivity index (χ0n) is 11.7. The van der Waals surface area contributed by atoms with Gasteiger partial charge in [0.25, 0.3) is 0 Å². The van der Waals surface area contributed by atoms with Gasteiger partial charge in [-0.1, -0.05) is 18.2 Å². The average molecular weight is 276 g/mol. The maximum atomic E-state index is 12.2. The fraction of sp³-hybridized carbons (Fsp3) is 0.467. The molecule has 0 spiro atoms. The Morgan fingerprint density at radius 1 is 1.35 bits per heavy atom. The first-order chi connectivity index (χ1) is 9.70. The Morgan fingerprint density at radius 2 is 2.15 bits per heavy atom. The van der Waals surface area contributed by atoms with E-state index in [1.165, 1.54) is 0 Å². The first kappa shape index (κ1) is 14.5. The first-order valence-corrected chi connectivity index (χ1v) is 6.94. The molecule has 1 N–H and O–H groups in total. The van der Waals surface area contributed by atoms with E-state index >= 15 is 0 Å². The second-order valence-corrected chi connectivity index (χ2v) is 4.76.